The van der Waals surface area contributed by atoms with Crippen molar-refractivity contribution >= 4 is 17.7 Å². The minimum Gasteiger partial charge on any atom is -0.388 e. The van der Waals surface area contributed by atoms with Gasteiger partial charge in [-0.1, -0.05) is 30.3 Å². The number of rotatable bonds is 7. The van der Waals surface area contributed by atoms with Crippen LogP contribution < -0.4 is 5.32 Å². The fourth-order valence-electron chi connectivity index (χ4n) is 2.01. The highest BCUT2D eigenvalue weighted by molar-refractivity contribution is 7.99. The van der Waals surface area contributed by atoms with Gasteiger partial charge in [0.1, 0.15) is 0 Å². The molecular formula is C15H21NO2S. The van der Waals surface area contributed by atoms with Crippen molar-refractivity contribution in [3.63, 3.8) is 0 Å². The Kier molecular flexibility index (Phi) is 4.88. The number of thioether (sulfide) groups is 1. The van der Waals surface area contributed by atoms with E-state index < -0.39 is 5.60 Å². The van der Waals surface area contributed by atoms with E-state index in [1.54, 1.807) is 11.8 Å². The number of carbonyl (C=O) groups is 1. The third-order valence-corrected chi connectivity index (χ3v) is 4.45. The molecule has 1 amide bonds. The molecule has 3 nitrogen and oxygen atoms in total. The summed E-state index contributed by atoms with van der Waals surface area (Å²) < 4.78 is 0. The average Bonchev–Trinajstić information content (AvgIpc) is 3.22. The molecule has 0 aromatic heterocycles. The number of aliphatic hydroxyl groups is 1. The van der Waals surface area contributed by atoms with Crippen molar-refractivity contribution in [2.45, 2.75) is 31.1 Å². The van der Waals surface area contributed by atoms with Gasteiger partial charge in [0.05, 0.1) is 11.4 Å². The summed E-state index contributed by atoms with van der Waals surface area (Å²) in [7, 11) is 0. The standard InChI is InChI=1S/C15H21NO2S/c1-15(18,13-7-8-13)11-16-14(17)10-19-9-12-5-3-2-4-6-12/h2-6,13,18H,7-11H2,1H3,(H,16,17)/t15-/m1/s1. The van der Waals surface area contributed by atoms with Crippen LogP contribution in [0.5, 0.6) is 0 Å². The molecule has 0 saturated heterocycles. The predicted molar refractivity (Wildman–Crippen MR) is 79.0 cm³/mol. The van der Waals surface area contributed by atoms with Crippen LogP contribution >= 0.6 is 11.8 Å². The van der Waals surface area contributed by atoms with Gasteiger partial charge in [0.15, 0.2) is 0 Å². The van der Waals surface area contributed by atoms with Crippen LogP contribution in [0.4, 0.5) is 0 Å². The summed E-state index contributed by atoms with van der Waals surface area (Å²) in [4.78, 5) is 11.7. The molecule has 1 atom stereocenters. The second-order valence-electron chi connectivity index (χ2n) is 5.39. The maximum atomic E-state index is 11.7. The molecule has 0 aliphatic heterocycles. The zero-order chi connectivity index (χ0) is 13.7. The molecule has 1 fully saturated rings. The quantitative estimate of drug-likeness (QED) is 0.804. The Balaban J connectivity index is 1.62. The molecule has 2 N–H and O–H groups in total. The van der Waals surface area contributed by atoms with Crippen molar-refractivity contribution in [1.29, 1.82) is 0 Å². The van der Waals surface area contributed by atoms with E-state index in [1.165, 1.54) is 5.56 Å². The summed E-state index contributed by atoms with van der Waals surface area (Å²) in [6.45, 7) is 2.17. The van der Waals surface area contributed by atoms with E-state index in [-0.39, 0.29) is 5.91 Å². The lowest BCUT2D eigenvalue weighted by molar-refractivity contribution is -0.119. The molecule has 1 aliphatic carbocycles. The van der Waals surface area contributed by atoms with E-state index in [0.29, 0.717) is 18.2 Å². The molecule has 2 rings (SSSR count). The van der Waals surface area contributed by atoms with Gasteiger partial charge in [-0.05, 0) is 31.2 Å². The lowest BCUT2D eigenvalue weighted by Gasteiger charge is -2.23. The summed E-state index contributed by atoms with van der Waals surface area (Å²) in [5.74, 6) is 1.65. The monoisotopic (exact) mass is 279 g/mol. The van der Waals surface area contributed by atoms with E-state index in [2.05, 4.69) is 17.4 Å². The maximum absolute atomic E-state index is 11.7. The van der Waals surface area contributed by atoms with Crippen molar-refractivity contribution in [2.24, 2.45) is 5.92 Å². The number of hydrogen-bond acceptors (Lipinski definition) is 3. The number of amides is 1. The summed E-state index contributed by atoms with van der Waals surface area (Å²) in [5, 5.41) is 12.9. The Morgan fingerprint density at radius 3 is 2.74 bits per heavy atom. The molecule has 0 unspecified atom stereocenters. The zero-order valence-corrected chi connectivity index (χ0v) is 12.1. The van der Waals surface area contributed by atoms with E-state index in [0.717, 1.165) is 18.6 Å². The third kappa shape index (κ3) is 4.88. The minimum atomic E-state index is -0.736. The first-order valence-corrected chi connectivity index (χ1v) is 7.84. The Morgan fingerprint density at radius 1 is 1.42 bits per heavy atom. The van der Waals surface area contributed by atoms with Gasteiger partial charge in [0, 0.05) is 12.3 Å². The molecule has 0 radical (unpaired) electrons. The summed E-state index contributed by atoms with van der Waals surface area (Å²) in [5.41, 5.74) is 0.491. The first kappa shape index (κ1) is 14.4. The van der Waals surface area contributed by atoms with Crippen molar-refractivity contribution in [3.8, 4) is 0 Å². The van der Waals surface area contributed by atoms with Gasteiger partial charge in [-0.2, -0.15) is 0 Å². The fourth-order valence-corrected chi connectivity index (χ4v) is 2.83. The number of hydrogen-bond donors (Lipinski definition) is 2. The van der Waals surface area contributed by atoms with Crippen molar-refractivity contribution in [2.75, 3.05) is 12.3 Å². The van der Waals surface area contributed by atoms with Crippen LogP contribution in [-0.2, 0) is 10.5 Å². The molecule has 4 heteroatoms. The molecule has 104 valence electrons. The molecule has 0 heterocycles. The number of carbonyl (C=O) groups excluding carboxylic acids is 1. The zero-order valence-electron chi connectivity index (χ0n) is 11.3. The van der Waals surface area contributed by atoms with Crippen LogP contribution in [0.15, 0.2) is 30.3 Å². The first-order chi connectivity index (χ1) is 9.08. The van der Waals surface area contributed by atoms with Gasteiger partial charge in [0.25, 0.3) is 0 Å². The smallest absolute Gasteiger partial charge is 0.230 e. The summed E-state index contributed by atoms with van der Waals surface area (Å²) in [6, 6.07) is 10.1. The molecule has 19 heavy (non-hydrogen) atoms. The third-order valence-electron chi connectivity index (χ3n) is 3.45. The summed E-state index contributed by atoms with van der Waals surface area (Å²) >= 11 is 1.60. The van der Waals surface area contributed by atoms with Crippen molar-refractivity contribution in [3.05, 3.63) is 35.9 Å². The van der Waals surface area contributed by atoms with Gasteiger partial charge < -0.3 is 10.4 Å². The minimum absolute atomic E-state index is 0.00172. The Hall–Kier alpha value is -1.00. The molecule has 0 bridgehead atoms. The number of benzene rings is 1. The van der Waals surface area contributed by atoms with Crippen LogP contribution in [0, 0.1) is 5.92 Å². The van der Waals surface area contributed by atoms with Gasteiger partial charge in [-0.3, -0.25) is 4.79 Å². The van der Waals surface area contributed by atoms with Crippen LogP contribution in [-0.4, -0.2) is 28.9 Å². The van der Waals surface area contributed by atoms with Crippen LogP contribution in [0.1, 0.15) is 25.3 Å². The highest BCUT2D eigenvalue weighted by Gasteiger charge is 2.39. The molecule has 1 aromatic carbocycles. The van der Waals surface area contributed by atoms with Crippen LogP contribution in [0.2, 0.25) is 0 Å². The maximum Gasteiger partial charge on any atom is 0.230 e. The molecule has 0 spiro atoms. The normalized spacial score (nSPS) is 17.8. The molecular weight excluding hydrogens is 258 g/mol. The van der Waals surface area contributed by atoms with Crippen molar-refractivity contribution < 1.29 is 9.90 Å². The van der Waals surface area contributed by atoms with Crippen LogP contribution in [0.25, 0.3) is 0 Å². The van der Waals surface area contributed by atoms with Gasteiger partial charge in [0.2, 0.25) is 5.91 Å². The van der Waals surface area contributed by atoms with E-state index in [9.17, 15) is 9.90 Å². The van der Waals surface area contributed by atoms with Crippen molar-refractivity contribution in [1.82, 2.24) is 5.32 Å². The Labute approximate surface area is 118 Å². The second-order valence-corrected chi connectivity index (χ2v) is 6.37. The van der Waals surface area contributed by atoms with Gasteiger partial charge in [-0.15, -0.1) is 11.8 Å². The molecule has 1 aliphatic rings. The molecule has 1 aromatic rings. The second kappa shape index (κ2) is 6.44. The van der Waals surface area contributed by atoms with Gasteiger partial charge >= 0.3 is 0 Å². The van der Waals surface area contributed by atoms with E-state index >= 15 is 0 Å². The first-order valence-electron chi connectivity index (χ1n) is 6.69. The Morgan fingerprint density at radius 2 is 2.11 bits per heavy atom. The van der Waals surface area contributed by atoms with E-state index in [4.69, 9.17) is 0 Å². The highest BCUT2D eigenvalue weighted by atomic mass is 32.2. The Bertz CT molecular complexity index is 415. The summed E-state index contributed by atoms with van der Waals surface area (Å²) in [6.07, 6.45) is 2.15. The highest BCUT2D eigenvalue weighted by Crippen LogP contribution is 2.38. The largest absolute Gasteiger partial charge is 0.388 e. The SMILES string of the molecule is C[C@@](O)(CNC(=O)CSCc1ccccc1)C1CC1. The average molecular weight is 279 g/mol. The lowest BCUT2D eigenvalue weighted by Crippen LogP contribution is -2.42. The molecule has 1 saturated carbocycles. The van der Waals surface area contributed by atoms with Gasteiger partial charge in [-0.25, -0.2) is 0 Å². The topological polar surface area (TPSA) is 49.3 Å². The lowest BCUT2D eigenvalue weighted by atomic mass is 10.0. The predicted octanol–water partition coefficient (Wildman–Crippen LogP) is 2.20. The fraction of sp³-hybridized carbons (Fsp3) is 0.533. The number of nitrogens with one attached hydrogen (secondary N) is 1. The van der Waals surface area contributed by atoms with Crippen LogP contribution in [0.3, 0.4) is 0 Å². The van der Waals surface area contributed by atoms with E-state index in [1.807, 2.05) is 25.1 Å².